The third kappa shape index (κ3) is 4.80. The van der Waals surface area contributed by atoms with Crippen LogP contribution < -0.4 is 0 Å². The number of ketones is 1. The lowest BCUT2D eigenvalue weighted by molar-refractivity contribution is -0.130. The van der Waals surface area contributed by atoms with Crippen molar-refractivity contribution in [2.24, 2.45) is 0 Å². The predicted octanol–water partition coefficient (Wildman–Crippen LogP) is 2.67. The summed E-state index contributed by atoms with van der Waals surface area (Å²) in [5, 5.41) is 19.3. The van der Waals surface area contributed by atoms with Crippen LogP contribution in [0.4, 0.5) is 0 Å². The highest BCUT2D eigenvalue weighted by Crippen LogP contribution is 2.37. The molecule has 0 bridgehead atoms. The molecule has 0 saturated heterocycles. The van der Waals surface area contributed by atoms with Crippen LogP contribution in [0.15, 0.2) is 78.1 Å². The minimum atomic E-state index is -0.700. The summed E-state index contributed by atoms with van der Waals surface area (Å²) in [6.07, 6.45) is 3.03. The molecular weight excluding hydrogens is 370 g/mol. The van der Waals surface area contributed by atoms with Crippen LogP contribution in [0.2, 0.25) is 0 Å². The smallest absolute Gasteiger partial charge is 0.290 e. The molecule has 3 rings (SSSR count). The van der Waals surface area contributed by atoms with E-state index in [2.05, 4.69) is 0 Å². The van der Waals surface area contributed by atoms with E-state index in [0.29, 0.717) is 0 Å². The van der Waals surface area contributed by atoms with Crippen LogP contribution in [0, 0.1) is 0 Å². The van der Waals surface area contributed by atoms with Crippen LogP contribution in [0.3, 0.4) is 0 Å². The predicted molar refractivity (Wildman–Crippen MR) is 109 cm³/mol. The van der Waals surface area contributed by atoms with Crippen molar-refractivity contribution in [3.8, 4) is 0 Å². The van der Waals surface area contributed by atoms with Gasteiger partial charge in [0.25, 0.3) is 5.91 Å². The zero-order valence-electron chi connectivity index (χ0n) is 15.9. The van der Waals surface area contributed by atoms with Gasteiger partial charge in [-0.05, 0) is 17.2 Å². The van der Waals surface area contributed by atoms with Crippen LogP contribution in [-0.4, -0.2) is 53.2 Å². The Balaban J connectivity index is 1.89. The average Bonchev–Trinajstić information content (AvgIpc) is 3.01. The molecule has 1 unspecified atom stereocenters. The molecular formula is C23H23NO5. The molecule has 2 aromatic carbocycles. The molecule has 6 heteroatoms. The Bertz CT molecular complexity index is 905. The minimum absolute atomic E-state index is 0.0514. The third-order valence-electron chi connectivity index (χ3n) is 4.62. The molecule has 1 aliphatic rings. The number of aliphatic hydroxyl groups excluding tert-OH is 2. The topological polar surface area (TPSA) is 87.1 Å². The Kier molecular flexibility index (Phi) is 6.94. The number of allylic oxidation sites excluding steroid dienone is 1. The first-order chi connectivity index (χ1) is 14.1. The fourth-order valence-corrected chi connectivity index (χ4v) is 3.27. The first-order valence-corrected chi connectivity index (χ1v) is 9.38. The number of nitrogens with zero attached hydrogens (tertiary/aromatic N) is 1. The van der Waals surface area contributed by atoms with E-state index in [9.17, 15) is 14.7 Å². The maximum Gasteiger partial charge on any atom is 0.290 e. The molecule has 0 saturated carbocycles. The Morgan fingerprint density at radius 1 is 1.03 bits per heavy atom. The number of hydrogen-bond acceptors (Lipinski definition) is 5. The van der Waals surface area contributed by atoms with Crippen molar-refractivity contribution >= 4 is 17.8 Å². The SMILES string of the molecule is O=C(C=Cc1ccccc1)C1=C(O)C(=O)N(CCOCCO)C1c1ccccc1. The van der Waals surface area contributed by atoms with Gasteiger partial charge in [-0.1, -0.05) is 66.7 Å². The quantitative estimate of drug-likeness (QED) is 0.505. The van der Waals surface area contributed by atoms with Crippen molar-refractivity contribution in [1.29, 1.82) is 0 Å². The summed E-state index contributed by atoms with van der Waals surface area (Å²) in [5.41, 5.74) is 1.62. The van der Waals surface area contributed by atoms with Crippen molar-refractivity contribution in [1.82, 2.24) is 4.90 Å². The van der Waals surface area contributed by atoms with Gasteiger partial charge in [-0.25, -0.2) is 0 Å². The largest absolute Gasteiger partial charge is 0.503 e. The second-order valence-electron chi connectivity index (χ2n) is 6.52. The van der Waals surface area contributed by atoms with E-state index >= 15 is 0 Å². The fraction of sp³-hybridized carbons (Fsp3) is 0.217. The van der Waals surface area contributed by atoms with Crippen LogP contribution in [0.25, 0.3) is 6.08 Å². The number of carbonyl (C=O) groups excluding carboxylic acids is 2. The number of carbonyl (C=O) groups is 2. The molecule has 0 radical (unpaired) electrons. The van der Waals surface area contributed by atoms with Gasteiger partial charge in [0.05, 0.1) is 31.4 Å². The van der Waals surface area contributed by atoms with E-state index in [1.54, 1.807) is 6.08 Å². The van der Waals surface area contributed by atoms with Crippen molar-refractivity contribution in [3.63, 3.8) is 0 Å². The minimum Gasteiger partial charge on any atom is -0.503 e. The van der Waals surface area contributed by atoms with Crippen molar-refractivity contribution in [2.75, 3.05) is 26.4 Å². The molecule has 1 heterocycles. The van der Waals surface area contributed by atoms with E-state index in [0.717, 1.165) is 11.1 Å². The van der Waals surface area contributed by atoms with Crippen LogP contribution in [-0.2, 0) is 14.3 Å². The number of amides is 1. The van der Waals surface area contributed by atoms with Gasteiger partial charge < -0.3 is 19.8 Å². The second kappa shape index (κ2) is 9.82. The first kappa shape index (κ1) is 20.5. The normalized spacial score (nSPS) is 16.8. The number of aliphatic hydroxyl groups is 2. The Labute approximate surface area is 169 Å². The number of ether oxygens (including phenoxy) is 1. The summed E-state index contributed by atoms with van der Waals surface area (Å²) in [4.78, 5) is 27.0. The number of hydrogen-bond donors (Lipinski definition) is 2. The highest BCUT2D eigenvalue weighted by atomic mass is 16.5. The lowest BCUT2D eigenvalue weighted by atomic mass is 9.95. The van der Waals surface area contributed by atoms with Gasteiger partial charge in [0, 0.05) is 6.54 Å². The summed E-state index contributed by atoms with van der Waals surface area (Å²) in [6.45, 7) is 0.405. The standard InChI is InChI=1S/C23H23NO5/c25-14-16-29-15-13-24-21(18-9-5-2-6-10-18)20(22(27)23(24)28)19(26)12-11-17-7-3-1-4-8-17/h1-12,21,25,27H,13-16H2. The van der Waals surface area contributed by atoms with Crippen molar-refractivity contribution in [3.05, 3.63) is 89.2 Å². The van der Waals surface area contributed by atoms with Gasteiger partial charge in [-0.15, -0.1) is 0 Å². The molecule has 1 atom stereocenters. The van der Waals surface area contributed by atoms with Crippen molar-refractivity contribution in [2.45, 2.75) is 6.04 Å². The highest BCUT2D eigenvalue weighted by molar-refractivity contribution is 6.14. The zero-order valence-corrected chi connectivity index (χ0v) is 15.9. The lowest BCUT2D eigenvalue weighted by Crippen LogP contribution is -2.34. The highest BCUT2D eigenvalue weighted by Gasteiger charge is 2.42. The third-order valence-corrected chi connectivity index (χ3v) is 4.62. The summed E-state index contributed by atoms with van der Waals surface area (Å²) in [7, 11) is 0. The monoisotopic (exact) mass is 393 g/mol. The molecule has 0 spiro atoms. The van der Waals surface area contributed by atoms with E-state index in [-0.39, 0.29) is 31.9 Å². The summed E-state index contributed by atoms with van der Waals surface area (Å²) in [6, 6.07) is 17.7. The van der Waals surface area contributed by atoms with Gasteiger partial charge in [-0.3, -0.25) is 9.59 Å². The Morgan fingerprint density at radius 3 is 2.34 bits per heavy atom. The van der Waals surface area contributed by atoms with E-state index in [1.807, 2.05) is 60.7 Å². The van der Waals surface area contributed by atoms with E-state index < -0.39 is 23.5 Å². The van der Waals surface area contributed by atoms with Crippen LogP contribution >= 0.6 is 0 Å². The number of rotatable bonds is 9. The van der Waals surface area contributed by atoms with Gasteiger partial charge in [0.15, 0.2) is 11.5 Å². The maximum atomic E-state index is 12.9. The van der Waals surface area contributed by atoms with Crippen LogP contribution in [0.5, 0.6) is 0 Å². The summed E-state index contributed by atoms with van der Waals surface area (Å²) in [5.74, 6) is -1.57. The molecule has 0 aliphatic carbocycles. The molecule has 29 heavy (non-hydrogen) atoms. The maximum absolute atomic E-state index is 12.9. The van der Waals surface area contributed by atoms with Gasteiger partial charge >= 0.3 is 0 Å². The van der Waals surface area contributed by atoms with E-state index in [4.69, 9.17) is 9.84 Å². The summed E-state index contributed by atoms with van der Waals surface area (Å²) >= 11 is 0. The molecule has 6 nitrogen and oxygen atoms in total. The lowest BCUT2D eigenvalue weighted by Gasteiger charge is -2.26. The van der Waals surface area contributed by atoms with E-state index in [1.165, 1.54) is 11.0 Å². The van der Waals surface area contributed by atoms with Gasteiger partial charge in [0.1, 0.15) is 0 Å². The average molecular weight is 393 g/mol. The fourth-order valence-electron chi connectivity index (χ4n) is 3.27. The Hall–Kier alpha value is -3.22. The second-order valence-corrected chi connectivity index (χ2v) is 6.52. The molecule has 1 amide bonds. The van der Waals surface area contributed by atoms with Gasteiger partial charge in [-0.2, -0.15) is 0 Å². The van der Waals surface area contributed by atoms with Crippen molar-refractivity contribution < 1.29 is 24.5 Å². The first-order valence-electron chi connectivity index (χ1n) is 9.38. The molecule has 0 fully saturated rings. The van der Waals surface area contributed by atoms with Crippen LogP contribution in [0.1, 0.15) is 17.2 Å². The zero-order chi connectivity index (χ0) is 20.6. The summed E-state index contributed by atoms with van der Waals surface area (Å²) < 4.78 is 5.27. The molecule has 2 N–H and O–H groups in total. The molecule has 2 aromatic rings. The van der Waals surface area contributed by atoms with Gasteiger partial charge in [0.2, 0.25) is 0 Å². The molecule has 0 aromatic heterocycles. The molecule has 1 aliphatic heterocycles. The molecule has 150 valence electrons. The number of benzene rings is 2. The Morgan fingerprint density at radius 2 is 1.69 bits per heavy atom.